The second-order valence-electron chi connectivity index (χ2n) is 8.64. The Kier molecular flexibility index (Phi) is 6.84. The average Bonchev–Trinajstić information content (AvgIpc) is 3.10. The lowest BCUT2D eigenvalue weighted by Crippen LogP contribution is -2.22. The highest BCUT2D eigenvalue weighted by atomic mass is 19.1. The van der Waals surface area contributed by atoms with E-state index in [2.05, 4.69) is 10.2 Å². The lowest BCUT2D eigenvalue weighted by Gasteiger charge is -2.15. The number of aliphatic imine (C=N–C) groups is 1. The predicted molar refractivity (Wildman–Crippen MR) is 130 cm³/mol. The molecule has 3 aromatic rings. The highest BCUT2D eigenvalue weighted by Crippen LogP contribution is 2.37. The van der Waals surface area contributed by atoms with Crippen LogP contribution in [0.15, 0.2) is 71.7 Å². The van der Waals surface area contributed by atoms with Crippen molar-refractivity contribution in [2.75, 3.05) is 26.0 Å². The molecule has 0 saturated heterocycles. The van der Waals surface area contributed by atoms with Gasteiger partial charge in [0, 0.05) is 12.2 Å². The van der Waals surface area contributed by atoms with Gasteiger partial charge in [-0.2, -0.15) is 0 Å². The lowest BCUT2D eigenvalue weighted by molar-refractivity contribution is -0.136. The van der Waals surface area contributed by atoms with E-state index in [1.165, 1.54) is 12.1 Å². The Hall–Kier alpha value is -3.84. The summed E-state index contributed by atoms with van der Waals surface area (Å²) in [6.07, 6.45) is 0.714. The Balaban J connectivity index is 1.81. The van der Waals surface area contributed by atoms with Crippen molar-refractivity contribution in [2.45, 2.75) is 18.8 Å². The van der Waals surface area contributed by atoms with E-state index < -0.39 is 17.7 Å². The van der Waals surface area contributed by atoms with Crippen LogP contribution in [0.3, 0.4) is 0 Å². The molecule has 1 amide bonds. The molecule has 0 aromatic heterocycles. The zero-order valence-corrected chi connectivity index (χ0v) is 19.1. The molecule has 174 valence electrons. The average molecular weight is 460 g/mol. The standard InChI is InChI=1S/C27H26FN3O3/c1-31(2)12-11-17-5-4-8-21(14-17)29-26(19-7-3-6-18(13-19)15-24(32)33)25-22-10-9-20(28)16-23(22)30-27(25)34/h3-10,13-14,16,25H,11-12,15H2,1-2H3,(H,30,34)(H,32,33). The number of nitrogens with zero attached hydrogens (tertiary/aromatic N) is 2. The topological polar surface area (TPSA) is 82.0 Å². The number of aliphatic carboxylic acids is 1. The molecule has 0 fully saturated rings. The van der Waals surface area contributed by atoms with E-state index >= 15 is 0 Å². The normalized spacial score (nSPS) is 15.4. The largest absolute Gasteiger partial charge is 0.481 e. The van der Waals surface area contributed by atoms with Gasteiger partial charge in [0.2, 0.25) is 5.91 Å². The summed E-state index contributed by atoms with van der Waals surface area (Å²) in [6, 6.07) is 19.1. The highest BCUT2D eigenvalue weighted by molar-refractivity contribution is 6.24. The summed E-state index contributed by atoms with van der Waals surface area (Å²) >= 11 is 0. The van der Waals surface area contributed by atoms with Crippen LogP contribution < -0.4 is 5.32 Å². The van der Waals surface area contributed by atoms with Gasteiger partial charge in [0.25, 0.3) is 0 Å². The molecule has 1 aliphatic rings. The van der Waals surface area contributed by atoms with E-state index in [4.69, 9.17) is 4.99 Å². The molecule has 3 aromatic carbocycles. The summed E-state index contributed by atoms with van der Waals surface area (Å²) in [5, 5.41) is 12.0. The number of carboxylic acid groups (broad SMARTS) is 1. The van der Waals surface area contributed by atoms with Gasteiger partial charge in [-0.3, -0.25) is 14.6 Å². The molecule has 34 heavy (non-hydrogen) atoms. The molecule has 2 N–H and O–H groups in total. The monoisotopic (exact) mass is 459 g/mol. The first-order chi connectivity index (χ1) is 16.3. The maximum atomic E-state index is 13.8. The van der Waals surface area contributed by atoms with Crippen LogP contribution in [-0.2, 0) is 22.4 Å². The van der Waals surface area contributed by atoms with Crippen LogP contribution in [0.25, 0.3) is 0 Å². The molecule has 1 atom stereocenters. The van der Waals surface area contributed by atoms with Gasteiger partial charge >= 0.3 is 5.97 Å². The van der Waals surface area contributed by atoms with Crippen molar-refractivity contribution < 1.29 is 19.1 Å². The quantitative estimate of drug-likeness (QED) is 0.489. The van der Waals surface area contributed by atoms with Gasteiger partial charge < -0.3 is 15.3 Å². The predicted octanol–water partition coefficient (Wildman–Crippen LogP) is 4.41. The van der Waals surface area contributed by atoms with Crippen LogP contribution in [0.1, 0.15) is 28.2 Å². The number of carboxylic acids is 1. The molecule has 6 nitrogen and oxygen atoms in total. The number of rotatable bonds is 8. The van der Waals surface area contributed by atoms with E-state index in [0.717, 1.165) is 18.5 Å². The maximum absolute atomic E-state index is 13.8. The SMILES string of the molecule is CN(C)CCc1cccc(N=C(c2cccc(CC(=O)O)c2)C2C(=O)Nc3cc(F)ccc32)c1. The van der Waals surface area contributed by atoms with Crippen molar-refractivity contribution in [1.29, 1.82) is 0 Å². The van der Waals surface area contributed by atoms with E-state index in [1.54, 1.807) is 24.3 Å². The van der Waals surface area contributed by atoms with Crippen LogP contribution in [0.2, 0.25) is 0 Å². The zero-order chi connectivity index (χ0) is 24.2. The fraction of sp³-hybridized carbons (Fsp3) is 0.222. The van der Waals surface area contributed by atoms with Crippen LogP contribution in [0, 0.1) is 5.82 Å². The lowest BCUT2D eigenvalue weighted by atomic mass is 9.89. The number of carbonyl (C=O) groups is 2. The van der Waals surface area contributed by atoms with E-state index in [9.17, 15) is 19.1 Å². The van der Waals surface area contributed by atoms with Crippen molar-refractivity contribution in [2.24, 2.45) is 4.99 Å². The molecule has 0 radical (unpaired) electrons. The fourth-order valence-corrected chi connectivity index (χ4v) is 4.09. The van der Waals surface area contributed by atoms with Gasteiger partial charge in [0.05, 0.1) is 17.8 Å². The summed E-state index contributed by atoms with van der Waals surface area (Å²) in [5.74, 6) is -2.42. The third-order valence-electron chi connectivity index (χ3n) is 5.71. The smallest absolute Gasteiger partial charge is 0.307 e. The van der Waals surface area contributed by atoms with Crippen LogP contribution in [0.5, 0.6) is 0 Å². The molecular weight excluding hydrogens is 433 g/mol. The number of carbonyl (C=O) groups excluding carboxylic acids is 1. The summed E-state index contributed by atoms with van der Waals surface area (Å²) in [5.41, 5.74) is 4.61. The van der Waals surface area contributed by atoms with Crippen molar-refractivity contribution in [3.8, 4) is 0 Å². The Morgan fingerprint density at radius 2 is 1.82 bits per heavy atom. The first kappa shape index (κ1) is 23.3. The Bertz CT molecular complexity index is 1270. The van der Waals surface area contributed by atoms with Crippen molar-refractivity contribution in [1.82, 2.24) is 4.90 Å². The fourth-order valence-electron chi connectivity index (χ4n) is 4.09. The number of anilines is 1. The summed E-state index contributed by atoms with van der Waals surface area (Å²) in [4.78, 5) is 31.3. The van der Waals surface area contributed by atoms with Gasteiger partial charge in [0.1, 0.15) is 11.7 Å². The second-order valence-corrected chi connectivity index (χ2v) is 8.64. The maximum Gasteiger partial charge on any atom is 0.307 e. The minimum Gasteiger partial charge on any atom is -0.481 e. The van der Waals surface area contributed by atoms with Gasteiger partial charge in [-0.05, 0) is 73.1 Å². The molecule has 0 aliphatic carbocycles. The molecule has 0 spiro atoms. The Labute approximate surface area is 197 Å². The minimum absolute atomic E-state index is 0.139. The molecule has 1 heterocycles. The Morgan fingerprint density at radius 1 is 1.06 bits per heavy atom. The van der Waals surface area contributed by atoms with Crippen LogP contribution in [-0.4, -0.2) is 48.2 Å². The summed E-state index contributed by atoms with van der Waals surface area (Å²) in [7, 11) is 4.03. The van der Waals surface area contributed by atoms with Gasteiger partial charge in [0.15, 0.2) is 0 Å². The number of fused-ring (bicyclic) bond motifs is 1. The molecule has 4 rings (SSSR count). The number of hydrogen-bond acceptors (Lipinski definition) is 4. The summed E-state index contributed by atoms with van der Waals surface area (Å²) in [6.45, 7) is 0.890. The number of benzene rings is 3. The van der Waals surface area contributed by atoms with Crippen LogP contribution in [0.4, 0.5) is 15.8 Å². The molecule has 1 aliphatic heterocycles. The van der Waals surface area contributed by atoms with E-state index in [1.807, 2.05) is 44.4 Å². The molecule has 0 bridgehead atoms. The van der Waals surface area contributed by atoms with Crippen LogP contribution >= 0.6 is 0 Å². The summed E-state index contributed by atoms with van der Waals surface area (Å²) < 4.78 is 13.8. The highest BCUT2D eigenvalue weighted by Gasteiger charge is 2.35. The van der Waals surface area contributed by atoms with Gasteiger partial charge in [-0.15, -0.1) is 0 Å². The van der Waals surface area contributed by atoms with E-state index in [0.29, 0.717) is 33.8 Å². The Morgan fingerprint density at radius 3 is 2.59 bits per heavy atom. The van der Waals surface area contributed by atoms with Crippen molar-refractivity contribution >= 4 is 29.0 Å². The molecule has 0 saturated carbocycles. The first-order valence-electron chi connectivity index (χ1n) is 11.0. The van der Waals surface area contributed by atoms with Crippen molar-refractivity contribution in [3.63, 3.8) is 0 Å². The number of hydrogen-bond donors (Lipinski definition) is 2. The third-order valence-corrected chi connectivity index (χ3v) is 5.71. The first-order valence-corrected chi connectivity index (χ1v) is 11.0. The number of halogens is 1. The number of likely N-dealkylation sites (N-methyl/N-ethyl adjacent to an activating group) is 1. The minimum atomic E-state index is -0.941. The third kappa shape index (κ3) is 5.38. The van der Waals surface area contributed by atoms with Gasteiger partial charge in [-0.1, -0.05) is 36.4 Å². The van der Waals surface area contributed by atoms with E-state index in [-0.39, 0.29) is 12.3 Å². The zero-order valence-electron chi connectivity index (χ0n) is 19.1. The number of amides is 1. The molecular formula is C27H26FN3O3. The van der Waals surface area contributed by atoms with Gasteiger partial charge in [-0.25, -0.2) is 4.39 Å². The molecule has 7 heteroatoms. The molecule has 1 unspecified atom stereocenters. The second kappa shape index (κ2) is 9.97. The van der Waals surface area contributed by atoms with Crippen molar-refractivity contribution in [3.05, 3.63) is 94.8 Å². The number of nitrogens with one attached hydrogen (secondary N) is 1.